The standard InChI is InChI=1S/C20H17ClN8O3/c1-2-31-15-9-5-13(6-10-15)17-16(24-28-29(17)19-18(22)26-32-27-19)20(30)25-23-11-12-3-7-14(21)8-4-12/h3-11H,2H2,1H3,(H2,22,26)(H,25,30)/b23-11+. The van der Waals surface area contributed by atoms with Gasteiger partial charge in [0.25, 0.3) is 5.91 Å². The summed E-state index contributed by atoms with van der Waals surface area (Å²) in [5.41, 5.74) is 9.96. The van der Waals surface area contributed by atoms with Gasteiger partial charge in [-0.3, -0.25) is 4.79 Å². The van der Waals surface area contributed by atoms with Gasteiger partial charge < -0.3 is 10.5 Å². The number of hydrazone groups is 1. The van der Waals surface area contributed by atoms with E-state index in [0.29, 0.717) is 28.6 Å². The number of nitrogens with one attached hydrogen (secondary N) is 1. The fourth-order valence-corrected chi connectivity index (χ4v) is 2.95. The molecule has 2 heterocycles. The van der Waals surface area contributed by atoms with E-state index in [4.69, 9.17) is 22.1 Å². The van der Waals surface area contributed by atoms with Crippen LogP contribution in [0.25, 0.3) is 17.1 Å². The van der Waals surface area contributed by atoms with Crippen LogP contribution in [-0.2, 0) is 0 Å². The third-order valence-corrected chi connectivity index (χ3v) is 4.52. The molecule has 0 atom stereocenters. The largest absolute Gasteiger partial charge is 0.494 e. The summed E-state index contributed by atoms with van der Waals surface area (Å²) in [5, 5.41) is 19.9. The van der Waals surface area contributed by atoms with Gasteiger partial charge in [0.05, 0.1) is 12.8 Å². The SMILES string of the molecule is CCOc1ccc(-c2c(C(=O)N/N=C/c3ccc(Cl)cc3)nnn2-c2nonc2N)cc1. The Morgan fingerprint density at radius 3 is 2.62 bits per heavy atom. The summed E-state index contributed by atoms with van der Waals surface area (Å²) in [6.45, 7) is 2.42. The van der Waals surface area contributed by atoms with Crippen molar-refractivity contribution in [3.8, 4) is 22.8 Å². The fourth-order valence-electron chi connectivity index (χ4n) is 2.82. The normalized spacial score (nSPS) is 11.1. The second-order valence-electron chi connectivity index (χ2n) is 6.38. The zero-order chi connectivity index (χ0) is 22.5. The summed E-state index contributed by atoms with van der Waals surface area (Å²) < 4.78 is 11.4. The number of benzene rings is 2. The molecule has 4 rings (SSSR count). The number of hydrogen-bond donors (Lipinski definition) is 2. The summed E-state index contributed by atoms with van der Waals surface area (Å²) in [4.78, 5) is 12.8. The Balaban J connectivity index is 1.67. The number of nitrogens with two attached hydrogens (primary N) is 1. The Morgan fingerprint density at radius 1 is 1.22 bits per heavy atom. The Bertz CT molecular complexity index is 1250. The van der Waals surface area contributed by atoms with E-state index in [-0.39, 0.29) is 17.3 Å². The lowest BCUT2D eigenvalue weighted by atomic mass is 10.1. The van der Waals surface area contributed by atoms with Crippen LogP contribution in [0.2, 0.25) is 5.02 Å². The molecule has 0 saturated carbocycles. The Morgan fingerprint density at radius 2 is 1.97 bits per heavy atom. The van der Waals surface area contributed by atoms with Crippen molar-refractivity contribution in [3.63, 3.8) is 0 Å². The second-order valence-corrected chi connectivity index (χ2v) is 6.82. The van der Waals surface area contributed by atoms with Crippen molar-refractivity contribution in [2.45, 2.75) is 6.92 Å². The number of carbonyl (C=O) groups excluding carboxylic acids is 1. The van der Waals surface area contributed by atoms with E-state index in [9.17, 15) is 4.79 Å². The van der Waals surface area contributed by atoms with Crippen LogP contribution in [0.15, 0.2) is 58.3 Å². The van der Waals surface area contributed by atoms with Crippen LogP contribution in [-0.4, -0.2) is 44.0 Å². The molecule has 0 saturated heterocycles. The van der Waals surface area contributed by atoms with E-state index in [1.807, 2.05) is 6.92 Å². The maximum Gasteiger partial charge on any atom is 0.294 e. The van der Waals surface area contributed by atoms with Gasteiger partial charge in [-0.05, 0) is 59.2 Å². The van der Waals surface area contributed by atoms with Crippen molar-refractivity contribution >= 4 is 29.5 Å². The zero-order valence-corrected chi connectivity index (χ0v) is 17.5. The molecule has 11 nitrogen and oxygen atoms in total. The molecule has 0 aliphatic rings. The molecule has 162 valence electrons. The van der Waals surface area contributed by atoms with Gasteiger partial charge in [0.1, 0.15) is 11.4 Å². The highest BCUT2D eigenvalue weighted by molar-refractivity contribution is 6.30. The van der Waals surface area contributed by atoms with E-state index < -0.39 is 5.91 Å². The summed E-state index contributed by atoms with van der Waals surface area (Å²) >= 11 is 5.87. The molecule has 0 bridgehead atoms. The quantitative estimate of drug-likeness (QED) is 0.321. The van der Waals surface area contributed by atoms with Crippen LogP contribution in [0.3, 0.4) is 0 Å². The van der Waals surface area contributed by atoms with E-state index >= 15 is 0 Å². The third kappa shape index (κ3) is 4.42. The predicted molar refractivity (Wildman–Crippen MR) is 117 cm³/mol. The van der Waals surface area contributed by atoms with Crippen LogP contribution >= 0.6 is 11.6 Å². The van der Waals surface area contributed by atoms with Gasteiger partial charge in [-0.1, -0.05) is 28.9 Å². The Hall–Kier alpha value is -4.25. The number of anilines is 1. The molecule has 12 heteroatoms. The van der Waals surface area contributed by atoms with Crippen molar-refractivity contribution in [2.24, 2.45) is 5.10 Å². The van der Waals surface area contributed by atoms with Crippen LogP contribution in [0.4, 0.5) is 5.82 Å². The molecule has 4 aromatic rings. The molecule has 1 amide bonds. The first-order valence-electron chi connectivity index (χ1n) is 9.43. The number of rotatable bonds is 7. The van der Waals surface area contributed by atoms with E-state index in [1.54, 1.807) is 48.5 Å². The van der Waals surface area contributed by atoms with Crippen molar-refractivity contribution in [3.05, 3.63) is 64.8 Å². The average Bonchev–Trinajstić information content (AvgIpc) is 3.42. The maximum atomic E-state index is 12.8. The van der Waals surface area contributed by atoms with Crippen LogP contribution in [0.5, 0.6) is 5.75 Å². The smallest absolute Gasteiger partial charge is 0.294 e. The molecule has 0 spiro atoms. The number of hydrogen-bond acceptors (Lipinski definition) is 9. The van der Waals surface area contributed by atoms with Gasteiger partial charge in [0.15, 0.2) is 5.69 Å². The molecule has 0 fully saturated rings. The van der Waals surface area contributed by atoms with E-state index in [2.05, 4.69) is 35.8 Å². The van der Waals surface area contributed by atoms with Crippen molar-refractivity contribution in [1.82, 2.24) is 30.7 Å². The van der Waals surface area contributed by atoms with E-state index in [0.717, 1.165) is 5.56 Å². The van der Waals surface area contributed by atoms with Crippen LogP contribution < -0.4 is 15.9 Å². The van der Waals surface area contributed by atoms with Crippen molar-refractivity contribution < 1.29 is 14.2 Å². The summed E-state index contributed by atoms with van der Waals surface area (Å²) in [7, 11) is 0. The van der Waals surface area contributed by atoms with Gasteiger partial charge in [0, 0.05) is 10.6 Å². The minimum atomic E-state index is -0.583. The average molecular weight is 453 g/mol. The minimum absolute atomic E-state index is 0.00446. The third-order valence-electron chi connectivity index (χ3n) is 4.27. The predicted octanol–water partition coefficient (Wildman–Crippen LogP) is 2.72. The highest BCUT2D eigenvalue weighted by Crippen LogP contribution is 2.28. The highest BCUT2D eigenvalue weighted by atomic mass is 35.5. The maximum absolute atomic E-state index is 12.8. The molecule has 0 aliphatic heterocycles. The molecule has 0 unspecified atom stereocenters. The number of amides is 1. The summed E-state index contributed by atoms with van der Waals surface area (Å²) in [5.74, 6) is 0.191. The zero-order valence-electron chi connectivity index (χ0n) is 16.8. The number of carbonyl (C=O) groups is 1. The number of nitrogen functional groups attached to an aromatic ring is 1. The van der Waals surface area contributed by atoms with E-state index in [1.165, 1.54) is 10.9 Å². The van der Waals surface area contributed by atoms with Gasteiger partial charge in [0.2, 0.25) is 11.6 Å². The highest BCUT2D eigenvalue weighted by Gasteiger charge is 2.25. The van der Waals surface area contributed by atoms with Gasteiger partial charge in [-0.25, -0.2) is 10.1 Å². The number of aromatic nitrogens is 5. The second kappa shape index (κ2) is 9.27. The summed E-state index contributed by atoms with van der Waals surface area (Å²) in [6.07, 6.45) is 1.48. The van der Waals surface area contributed by atoms with Crippen molar-refractivity contribution in [2.75, 3.05) is 12.3 Å². The minimum Gasteiger partial charge on any atom is -0.494 e. The van der Waals surface area contributed by atoms with Crippen LogP contribution in [0.1, 0.15) is 23.0 Å². The number of halogens is 1. The first kappa shape index (κ1) is 21.0. The molecular formula is C20H17ClN8O3. The lowest BCUT2D eigenvalue weighted by Crippen LogP contribution is -2.19. The van der Waals surface area contributed by atoms with Crippen molar-refractivity contribution in [1.29, 1.82) is 0 Å². The lowest BCUT2D eigenvalue weighted by Gasteiger charge is -2.07. The number of ether oxygens (including phenoxy) is 1. The monoisotopic (exact) mass is 452 g/mol. The Labute approximate surface area is 186 Å². The first-order chi connectivity index (χ1) is 15.6. The molecular weight excluding hydrogens is 436 g/mol. The summed E-state index contributed by atoms with van der Waals surface area (Å²) in [6, 6.07) is 14.0. The molecule has 3 N–H and O–H groups in total. The number of nitrogens with zero attached hydrogens (tertiary/aromatic N) is 6. The Kier molecular flexibility index (Phi) is 6.08. The first-order valence-corrected chi connectivity index (χ1v) is 9.81. The molecule has 32 heavy (non-hydrogen) atoms. The topological polar surface area (TPSA) is 146 Å². The lowest BCUT2D eigenvalue weighted by molar-refractivity contribution is 0.0950. The van der Waals surface area contributed by atoms with Crippen LogP contribution in [0, 0.1) is 0 Å². The van der Waals surface area contributed by atoms with Gasteiger partial charge >= 0.3 is 0 Å². The molecule has 0 radical (unpaired) electrons. The van der Waals surface area contributed by atoms with Gasteiger partial charge in [-0.2, -0.15) is 9.78 Å². The molecule has 2 aromatic carbocycles. The molecule has 2 aromatic heterocycles. The van der Waals surface area contributed by atoms with Gasteiger partial charge in [-0.15, -0.1) is 5.10 Å². The molecule has 0 aliphatic carbocycles. The fraction of sp³-hybridized carbons (Fsp3) is 0.100.